The first kappa shape index (κ1) is 13.0. The molecule has 2 N–H and O–H groups in total. The summed E-state index contributed by atoms with van der Waals surface area (Å²) >= 11 is 3.25. The molecule has 0 amide bonds. The lowest BCUT2D eigenvalue weighted by atomic mass is 10.3. The van der Waals surface area contributed by atoms with Gasteiger partial charge in [0.05, 0.1) is 11.7 Å². The number of halogens is 2. The fourth-order valence-electron chi connectivity index (χ4n) is 1.31. The molecule has 0 aliphatic carbocycles. The molecule has 1 heterocycles. The van der Waals surface area contributed by atoms with Gasteiger partial charge in [0.25, 0.3) is 0 Å². The lowest BCUT2D eigenvalue weighted by Gasteiger charge is -2.05. The molecular formula is C11H12BrFN4O. The van der Waals surface area contributed by atoms with Crippen molar-refractivity contribution in [2.45, 2.75) is 13.0 Å². The van der Waals surface area contributed by atoms with Gasteiger partial charge in [-0.2, -0.15) is 0 Å². The van der Waals surface area contributed by atoms with E-state index in [1.54, 1.807) is 19.2 Å². The number of benzene rings is 1. The van der Waals surface area contributed by atoms with Crippen molar-refractivity contribution < 1.29 is 8.81 Å². The van der Waals surface area contributed by atoms with E-state index in [9.17, 15) is 4.39 Å². The van der Waals surface area contributed by atoms with Crippen LogP contribution < -0.4 is 10.6 Å². The van der Waals surface area contributed by atoms with Crippen molar-refractivity contribution in [3.05, 3.63) is 34.4 Å². The molecule has 1 aromatic carbocycles. The third kappa shape index (κ3) is 2.68. The van der Waals surface area contributed by atoms with Gasteiger partial charge in [-0.25, -0.2) is 4.39 Å². The molecule has 0 radical (unpaired) electrons. The lowest BCUT2D eigenvalue weighted by molar-refractivity contribution is 0.443. The smallest absolute Gasteiger partial charge is 0.320 e. The van der Waals surface area contributed by atoms with Crippen molar-refractivity contribution in [2.24, 2.45) is 0 Å². The van der Waals surface area contributed by atoms with Gasteiger partial charge in [0.2, 0.25) is 5.89 Å². The molecule has 96 valence electrons. The van der Waals surface area contributed by atoms with Gasteiger partial charge in [-0.15, -0.1) is 5.10 Å². The van der Waals surface area contributed by atoms with Gasteiger partial charge < -0.3 is 15.1 Å². The first-order chi connectivity index (χ1) is 8.61. The third-order valence-corrected chi connectivity index (χ3v) is 3.10. The molecule has 5 nitrogen and oxygen atoms in total. The maximum atomic E-state index is 13.6. The summed E-state index contributed by atoms with van der Waals surface area (Å²) in [4.78, 5) is 0. The lowest BCUT2D eigenvalue weighted by Crippen LogP contribution is -2.12. The summed E-state index contributed by atoms with van der Waals surface area (Å²) in [5, 5.41) is 13.4. The summed E-state index contributed by atoms with van der Waals surface area (Å²) < 4.78 is 19.5. The van der Waals surface area contributed by atoms with E-state index in [1.807, 2.05) is 6.92 Å². The topological polar surface area (TPSA) is 63.0 Å². The number of para-hydroxylation sites is 1. The van der Waals surface area contributed by atoms with Crippen molar-refractivity contribution in [3.8, 4) is 0 Å². The summed E-state index contributed by atoms with van der Waals surface area (Å²) in [6.07, 6.45) is 0. The molecule has 1 aromatic heterocycles. The number of anilines is 2. The van der Waals surface area contributed by atoms with Crippen LogP contribution in [0.15, 0.2) is 27.1 Å². The second kappa shape index (κ2) is 5.45. The van der Waals surface area contributed by atoms with E-state index in [1.165, 1.54) is 6.07 Å². The summed E-state index contributed by atoms with van der Waals surface area (Å²) in [7, 11) is 1.79. The average molecular weight is 315 g/mol. The molecular weight excluding hydrogens is 303 g/mol. The molecule has 0 saturated carbocycles. The standard InChI is InChI=1S/C11H12BrFN4O/c1-6(14-2)10-16-17-11(18-10)15-9-7(12)4-3-5-8(9)13/h3-6,14H,1-2H3,(H,15,17). The second-order valence-corrected chi connectivity index (χ2v) is 4.53. The minimum Gasteiger partial charge on any atom is -0.406 e. The quantitative estimate of drug-likeness (QED) is 0.908. The summed E-state index contributed by atoms with van der Waals surface area (Å²) in [5.41, 5.74) is 0.268. The van der Waals surface area contributed by atoms with Gasteiger partial charge in [0.15, 0.2) is 0 Å². The molecule has 18 heavy (non-hydrogen) atoms. The maximum Gasteiger partial charge on any atom is 0.320 e. The molecule has 0 fully saturated rings. The third-order valence-electron chi connectivity index (χ3n) is 2.44. The van der Waals surface area contributed by atoms with Crippen molar-refractivity contribution in [1.82, 2.24) is 15.5 Å². The van der Waals surface area contributed by atoms with Crippen molar-refractivity contribution >= 4 is 27.6 Å². The summed E-state index contributed by atoms with van der Waals surface area (Å²) in [5.74, 6) is 0.0400. The van der Waals surface area contributed by atoms with Gasteiger partial charge in [-0.1, -0.05) is 11.2 Å². The Morgan fingerprint density at radius 1 is 1.39 bits per heavy atom. The van der Waals surface area contributed by atoms with E-state index in [-0.39, 0.29) is 17.7 Å². The van der Waals surface area contributed by atoms with Crippen LogP contribution in [0.1, 0.15) is 18.9 Å². The normalized spacial score (nSPS) is 12.4. The Kier molecular flexibility index (Phi) is 3.93. The highest BCUT2D eigenvalue weighted by molar-refractivity contribution is 9.10. The fourth-order valence-corrected chi connectivity index (χ4v) is 1.75. The van der Waals surface area contributed by atoms with Gasteiger partial charge in [-0.05, 0) is 42.0 Å². The number of nitrogens with zero attached hydrogens (tertiary/aromatic N) is 2. The van der Waals surface area contributed by atoms with E-state index in [0.29, 0.717) is 10.4 Å². The zero-order chi connectivity index (χ0) is 13.1. The first-order valence-electron chi connectivity index (χ1n) is 5.33. The molecule has 1 atom stereocenters. The Morgan fingerprint density at radius 2 is 2.17 bits per heavy atom. The van der Waals surface area contributed by atoms with Crippen molar-refractivity contribution in [3.63, 3.8) is 0 Å². The molecule has 2 aromatic rings. The van der Waals surface area contributed by atoms with Crippen molar-refractivity contribution in [2.75, 3.05) is 12.4 Å². The Bertz CT molecular complexity index is 525. The number of rotatable bonds is 4. The minimum atomic E-state index is -0.397. The molecule has 0 aliphatic heterocycles. The summed E-state index contributed by atoms with van der Waals surface area (Å²) in [6, 6.07) is 4.77. The van der Waals surface area contributed by atoms with Crippen LogP contribution in [0.4, 0.5) is 16.1 Å². The Hall–Kier alpha value is -1.47. The number of hydrogen-bond donors (Lipinski definition) is 2. The molecule has 0 saturated heterocycles. The van der Waals surface area contributed by atoms with Gasteiger partial charge in [0.1, 0.15) is 5.82 Å². The van der Waals surface area contributed by atoms with Crippen LogP contribution in [0.25, 0.3) is 0 Å². The Balaban J connectivity index is 2.21. The van der Waals surface area contributed by atoms with Crippen LogP contribution in [0, 0.1) is 5.82 Å². The fraction of sp³-hybridized carbons (Fsp3) is 0.273. The van der Waals surface area contributed by atoms with E-state index in [0.717, 1.165) is 0 Å². The number of aromatic nitrogens is 2. The zero-order valence-corrected chi connectivity index (χ0v) is 11.5. The van der Waals surface area contributed by atoms with E-state index in [2.05, 4.69) is 36.8 Å². The van der Waals surface area contributed by atoms with E-state index in [4.69, 9.17) is 4.42 Å². The zero-order valence-electron chi connectivity index (χ0n) is 9.87. The van der Waals surface area contributed by atoms with Crippen LogP contribution in [0.2, 0.25) is 0 Å². The Labute approximate surface area is 112 Å². The molecule has 7 heteroatoms. The highest BCUT2D eigenvalue weighted by atomic mass is 79.9. The van der Waals surface area contributed by atoms with Gasteiger partial charge >= 0.3 is 6.01 Å². The monoisotopic (exact) mass is 314 g/mol. The van der Waals surface area contributed by atoms with Crippen LogP contribution in [-0.2, 0) is 0 Å². The second-order valence-electron chi connectivity index (χ2n) is 3.68. The van der Waals surface area contributed by atoms with Crippen LogP contribution in [0.5, 0.6) is 0 Å². The molecule has 0 bridgehead atoms. The van der Waals surface area contributed by atoms with Crippen molar-refractivity contribution in [1.29, 1.82) is 0 Å². The predicted octanol–water partition coefficient (Wildman–Crippen LogP) is 3.00. The van der Waals surface area contributed by atoms with Gasteiger partial charge in [-0.3, -0.25) is 0 Å². The van der Waals surface area contributed by atoms with Gasteiger partial charge in [0, 0.05) is 4.47 Å². The largest absolute Gasteiger partial charge is 0.406 e. The maximum absolute atomic E-state index is 13.6. The summed E-state index contributed by atoms with van der Waals surface area (Å²) in [6.45, 7) is 1.89. The molecule has 0 aliphatic rings. The highest BCUT2D eigenvalue weighted by Gasteiger charge is 2.14. The minimum absolute atomic E-state index is 0.0582. The predicted molar refractivity (Wildman–Crippen MR) is 69.2 cm³/mol. The number of nitrogens with one attached hydrogen (secondary N) is 2. The SMILES string of the molecule is CNC(C)c1nnc(Nc2c(F)cccc2Br)o1. The molecule has 1 unspecified atom stereocenters. The first-order valence-corrected chi connectivity index (χ1v) is 6.13. The van der Waals surface area contributed by atoms with E-state index >= 15 is 0 Å². The van der Waals surface area contributed by atoms with Crippen LogP contribution in [-0.4, -0.2) is 17.2 Å². The molecule has 2 rings (SSSR count). The molecule has 0 spiro atoms. The van der Waals surface area contributed by atoms with Crippen LogP contribution >= 0.6 is 15.9 Å². The highest BCUT2D eigenvalue weighted by Crippen LogP contribution is 2.28. The van der Waals surface area contributed by atoms with E-state index < -0.39 is 5.82 Å². The average Bonchev–Trinajstić information content (AvgIpc) is 2.81. The van der Waals surface area contributed by atoms with Crippen LogP contribution in [0.3, 0.4) is 0 Å². The Morgan fingerprint density at radius 3 is 2.83 bits per heavy atom. The number of hydrogen-bond acceptors (Lipinski definition) is 5.